The Morgan fingerprint density at radius 2 is 1.56 bits per heavy atom. The van der Waals surface area contributed by atoms with E-state index in [1.54, 1.807) is 36.4 Å². The highest BCUT2D eigenvalue weighted by Crippen LogP contribution is 2.24. The van der Waals surface area contributed by atoms with Crippen molar-refractivity contribution in [2.45, 2.75) is 32.6 Å². The van der Waals surface area contributed by atoms with Crippen molar-refractivity contribution in [3.05, 3.63) is 100 Å². The molecule has 0 radical (unpaired) electrons. The van der Waals surface area contributed by atoms with Gasteiger partial charge in [0.1, 0.15) is 0 Å². The molecule has 0 saturated carbocycles. The van der Waals surface area contributed by atoms with Crippen LogP contribution in [0, 0.1) is 0 Å². The Morgan fingerprint density at radius 3 is 2.16 bits per heavy atom. The number of anilines is 1. The van der Waals surface area contributed by atoms with Crippen LogP contribution in [-0.2, 0) is 11.8 Å². The quantitative estimate of drug-likeness (QED) is 0.349. The highest BCUT2D eigenvalue weighted by Gasteiger charge is 2.15. The van der Waals surface area contributed by atoms with Crippen LogP contribution in [-0.4, -0.2) is 16.8 Å². The van der Waals surface area contributed by atoms with Gasteiger partial charge >= 0.3 is 0 Å². The molecule has 0 heterocycles. The lowest BCUT2D eigenvalue weighted by Gasteiger charge is -2.19. The second kappa shape index (κ2) is 10.1. The molecule has 3 rings (SSSR count). The molecule has 0 bridgehead atoms. The highest BCUT2D eigenvalue weighted by molar-refractivity contribution is 7.80. The number of rotatable bonds is 5. The smallest absolute Gasteiger partial charge is 0.257 e. The van der Waals surface area contributed by atoms with Gasteiger partial charge in [0.05, 0.1) is 10.7 Å². The summed E-state index contributed by atoms with van der Waals surface area (Å²) in [6, 6.07) is 21.8. The zero-order valence-electron chi connectivity index (χ0n) is 18.2. The number of ketones is 1. The monoisotopic (exact) mass is 464 g/mol. The summed E-state index contributed by atoms with van der Waals surface area (Å²) in [5.41, 5.74) is 3.68. The van der Waals surface area contributed by atoms with Crippen LogP contribution in [0.4, 0.5) is 5.69 Å². The lowest BCUT2D eigenvalue weighted by atomic mass is 9.87. The number of hydrogen-bond acceptors (Lipinski definition) is 3. The van der Waals surface area contributed by atoms with Crippen molar-refractivity contribution >= 4 is 46.3 Å². The van der Waals surface area contributed by atoms with Crippen molar-refractivity contribution in [1.82, 2.24) is 5.32 Å². The van der Waals surface area contributed by atoms with E-state index < -0.39 is 0 Å². The third-order valence-electron chi connectivity index (χ3n) is 4.98. The summed E-state index contributed by atoms with van der Waals surface area (Å²) in [6.07, 6.45) is 0.246. The second-order valence-electron chi connectivity index (χ2n) is 8.52. The fourth-order valence-corrected chi connectivity index (χ4v) is 3.58. The van der Waals surface area contributed by atoms with Gasteiger partial charge in [0.2, 0.25) is 0 Å². The van der Waals surface area contributed by atoms with Gasteiger partial charge in [-0.3, -0.25) is 14.9 Å². The number of halogens is 1. The van der Waals surface area contributed by atoms with Gasteiger partial charge in [-0.05, 0) is 53.0 Å². The second-order valence-corrected chi connectivity index (χ2v) is 9.33. The predicted octanol–water partition coefficient (Wildman–Crippen LogP) is 6.19. The number of thiocarbonyl (C=S) groups is 1. The Morgan fingerprint density at radius 1 is 0.906 bits per heavy atom. The van der Waals surface area contributed by atoms with Crippen LogP contribution < -0.4 is 10.6 Å². The maximum absolute atomic E-state index is 12.5. The van der Waals surface area contributed by atoms with Crippen molar-refractivity contribution in [2.75, 3.05) is 5.32 Å². The molecule has 0 saturated heterocycles. The van der Waals surface area contributed by atoms with E-state index in [4.69, 9.17) is 23.8 Å². The first-order chi connectivity index (χ1) is 15.1. The molecule has 164 valence electrons. The molecule has 2 N–H and O–H groups in total. The van der Waals surface area contributed by atoms with Gasteiger partial charge in [-0.2, -0.15) is 0 Å². The molecule has 0 aliphatic heterocycles. The first-order valence-electron chi connectivity index (χ1n) is 10.2. The summed E-state index contributed by atoms with van der Waals surface area (Å²) >= 11 is 11.6. The molecule has 0 aliphatic carbocycles. The molecule has 0 fully saturated rings. The Labute approximate surface area is 199 Å². The van der Waals surface area contributed by atoms with Crippen LogP contribution in [0.5, 0.6) is 0 Å². The van der Waals surface area contributed by atoms with E-state index in [0.29, 0.717) is 21.8 Å². The first-order valence-corrected chi connectivity index (χ1v) is 11.0. The fraction of sp³-hybridized carbons (Fsp3) is 0.192. The number of benzene rings is 3. The van der Waals surface area contributed by atoms with E-state index in [2.05, 4.69) is 31.4 Å². The summed E-state index contributed by atoms with van der Waals surface area (Å²) in [5.74, 6) is -0.285. The van der Waals surface area contributed by atoms with Gasteiger partial charge in [-0.1, -0.05) is 80.9 Å². The molecule has 6 heteroatoms. The predicted molar refractivity (Wildman–Crippen MR) is 135 cm³/mol. The molecule has 0 spiro atoms. The van der Waals surface area contributed by atoms with E-state index in [0.717, 1.165) is 11.1 Å². The first kappa shape index (κ1) is 23.6. The van der Waals surface area contributed by atoms with Crippen molar-refractivity contribution in [3.8, 4) is 0 Å². The Bertz CT molecular complexity index is 1140. The summed E-state index contributed by atoms with van der Waals surface area (Å²) in [4.78, 5) is 24.9. The van der Waals surface area contributed by atoms with Crippen LogP contribution in [0.2, 0.25) is 5.02 Å². The van der Waals surface area contributed by atoms with E-state index in [9.17, 15) is 9.59 Å². The van der Waals surface area contributed by atoms with Crippen LogP contribution in [0.15, 0.2) is 72.8 Å². The van der Waals surface area contributed by atoms with E-state index in [1.807, 2.05) is 36.4 Å². The molecule has 0 aromatic heterocycles. The molecule has 0 unspecified atom stereocenters. The molecular weight excluding hydrogens is 440 g/mol. The van der Waals surface area contributed by atoms with Crippen LogP contribution in [0.3, 0.4) is 0 Å². The number of hydrogen-bond donors (Lipinski definition) is 2. The van der Waals surface area contributed by atoms with Crippen LogP contribution in [0.1, 0.15) is 52.6 Å². The third-order valence-corrected chi connectivity index (χ3v) is 5.50. The average Bonchev–Trinajstić information content (AvgIpc) is 2.75. The highest BCUT2D eigenvalue weighted by atomic mass is 35.5. The van der Waals surface area contributed by atoms with Gasteiger partial charge < -0.3 is 5.32 Å². The molecule has 0 atom stereocenters. The maximum atomic E-state index is 12.5. The molecule has 3 aromatic carbocycles. The minimum Gasteiger partial charge on any atom is -0.331 e. The van der Waals surface area contributed by atoms with E-state index >= 15 is 0 Å². The van der Waals surface area contributed by atoms with Gasteiger partial charge in [0.15, 0.2) is 10.9 Å². The van der Waals surface area contributed by atoms with Gasteiger partial charge in [-0.15, -0.1) is 0 Å². The van der Waals surface area contributed by atoms with Gasteiger partial charge in [0, 0.05) is 17.5 Å². The number of amides is 1. The molecule has 1 amide bonds. The fourth-order valence-electron chi connectivity index (χ4n) is 3.13. The molecule has 3 aromatic rings. The number of carbonyl (C=O) groups excluding carboxylic acids is 2. The zero-order valence-corrected chi connectivity index (χ0v) is 19.8. The Kier molecular flexibility index (Phi) is 7.44. The number of nitrogens with one attached hydrogen (secondary N) is 2. The number of carbonyl (C=O) groups is 2. The normalized spacial score (nSPS) is 11.0. The third kappa shape index (κ3) is 6.25. The van der Waals surface area contributed by atoms with Crippen molar-refractivity contribution < 1.29 is 9.59 Å². The SMILES string of the molecule is CC(C)(C)c1ccc(C(=O)NC(=S)Nc2ccc(CC(=O)c3ccccc3)cc2Cl)cc1. The minimum absolute atomic E-state index is 0.0144. The summed E-state index contributed by atoms with van der Waals surface area (Å²) in [6.45, 7) is 6.36. The summed E-state index contributed by atoms with van der Waals surface area (Å²) in [7, 11) is 0. The maximum Gasteiger partial charge on any atom is 0.257 e. The molecular formula is C26H25ClN2O2S. The molecule has 32 heavy (non-hydrogen) atoms. The lowest BCUT2D eigenvalue weighted by molar-refractivity contribution is 0.0974. The van der Waals surface area contributed by atoms with E-state index in [1.165, 1.54) is 0 Å². The summed E-state index contributed by atoms with van der Waals surface area (Å²) in [5, 5.41) is 6.16. The van der Waals surface area contributed by atoms with Crippen LogP contribution in [0.25, 0.3) is 0 Å². The van der Waals surface area contributed by atoms with Gasteiger partial charge in [-0.25, -0.2) is 0 Å². The Hall–Kier alpha value is -3.02. The molecule has 0 aliphatic rings. The minimum atomic E-state index is -0.302. The van der Waals surface area contributed by atoms with Crippen molar-refractivity contribution in [3.63, 3.8) is 0 Å². The Balaban J connectivity index is 1.60. The zero-order chi connectivity index (χ0) is 23.3. The lowest BCUT2D eigenvalue weighted by Crippen LogP contribution is -2.34. The standard InChI is InChI=1S/C26H25ClN2O2S/c1-26(2,3)20-12-10-19(11-13-20)24(31)29-25(32)28-22-14-9-17(15-21(22)27)16-23(30)18-7-5-4-6-8-18/h4-15H,16H2,1-3H3,(H2,28,29,31,32). The average molecular weight is 465 g/mol. The van der Waals surface area contributed by atoms with Crippen LogP contribution >= 0.6 is 23.8 Å². The van der Waals surface area contributed by atoms with E-state index in [-0.39, 0.29) is 28.6 Å². The van der Waals surface area contributed by atoms with Gasteiger partial charge in [0.25, 0.3) is 5.91 Å². The topological polar surface area (TPSA) is 58.2 Å². The number of Topliss-reactive ketones (excluding diaryl/α,β-unsaturated/α-hetero) is 1. The largest absolute Gasteiger partial charge is 0.331 e. The molecule has 4 nitrogen and oxygen atoms in total. The van der Waals surface area contributed by atoms with Crippen molar-refractivity contribution in [2.24, 2.45) is 0 Å². The summed E-state index contributed by atoms with van der Waals surface area (Å²) < 4.78 is 0. The van der Waals surface area contributed by atoms with Crippen molar-refractivity contribution in [1.29, 1.82) is 0 Å².